The van der Waals surface area contributed by atoms with Crippen molar-refractivity contribution in [3.05, 3.63) is 24.3 Å². The van der Waals surface area contributed by atoms with Crippen molar-refractivity contribution >= 4 is 23.0 Å². The molecule has 5 rings (SSSR count). The Labute approximate surface area is 179 Å². The van der Waals surface area contributed by atoms with Gasteiger partial charge in [0, 0.05) is 31.7 Å². The number of para-hydroxylation sites is 2. The molecule has 6 nitrogen and oxygen atoms in total. The molecule has 2 saturated heterocycles. The molecule has 3 heterocycles. The number of likely N-dealkylation sites (tertiary alicyclic amines) is 1. The Kier molecular flexibility index (Phi) is 5.93. The number of fused-ring (bicyclic) bond motifs is 1. The van der Waals surface area contributed by atoms with Gasteiger partial charge in [-0.1, -0.05) is 31.4 Å². The number of hydrogen-bond donors (Lipinski definition) is 1. The molecule has 1 aliphatic carbocycles. The van der Waals surface area contributed by atoms with E-state index in [9.17, 15) is 4.79 Å². The van der Waals surface area contributed by atoms with Crippen LogP contribution in [-0.2, 0) is 4.79 Å². The monoisotopic (exact) mass is 410 g/mol. The molecule has 0 radical (unpaired) electrons. The van der Waals surface area contributed by atoms with Crippen molar-refractivity contribution in [1.82, 2.24) is 15.2 Å². The van der Waals surface area contributed by atoms with E-state index >= 15 is 0 Å². The summed E-state index contributed by atoms with van der Waals surface area (Å²) in [6.45, 7) is 3.98. The number of nitrogens with one attached hydrogen (secondary N) is 1. The average Bonchev–Trinajstić information content (AvgIpc) is 3.24. The van der Waals surface area contributed by atoms with Crippen molar-refractivity contribution in [2.24, 2.45) is 5.92 Å². The minimum atomic E-state index is 0.163. The second kappa shape index (κ2) is 8.96. The maximum atomic E-state index is 12.9. The second-order valence-corrected chi connectivity index (χ2v) is 9.36. The highest BCUT2D eigenvalue weighted by molar-refractivity contribution is 5.79. The fourth-order valence-electron chi connectivity index (χ4n) is 5.54. The lowest BCUT2D eigenvalue weighted by Gasteiger charge is -2.42. The highest BCUT2D eigenvalue weighted by atomic mass is 16.4. The van der Waals surface area contributed by atoms with Crippen molar-refractivity contribution in [1.29, 1.82) is 0 Å². The van der Waals surface area contributed by atoms with Crippen LogP contribution in [0.25, 0.3) is 11.1 Å². The minimum absolute atomic E-state index is 0.163. The molecular weight excluding hydrogens is 376 g/mol. The van der Waals surface area contributed by atoms with Crippen LogP contribution in [0.1, 0.15) is 57.8 Å². The molecule has 1 aromatic carbocycles. The fraction of sp³-hybridized carbons (Fsp3) is 0.667. The molecule has 6 heteroatoms. The third-order valence-corrected chi connectivity index (χ3v) is 7.31. The molecule has 0 spiro atoms. The molecule has 1 unspecified atom stereocenters. The molecule has 2 aliphatic heterocycles. The molecule has 0 bridgehead atoms. The molecule has 1 atom stereocenters. The molecule has 1 amide bonds. The first kappa shape index (κ1) is 19.9. The quantitative estimate of drug-likeness (QED) is 0.827. The van der Waals surface area contributed by atoms with Crippen molar-refractivity contribution < 1.29 is 9.21 Å². The van der Waals surface area contributed by atoms with Crippen molar-refractivity contribution in [2.75, 3.05) is 31.1 Å². The van der Waals surface area contributed by atoms with Gasteiger partial charge in [0.1, 0.15) is 5.52 Å². The highest BCUT2D eigenvalue weighted by Gasteiger charge is 2.33. The van der Waals surface area contributed by atoms with Crippen LogP contribution >= 0.6 is 0 Å². The Balaban J connectivity index is 1.14. The number of oxazole rings is 1. The SMILES string of the molecule is O=C(NC1CCCCC1)C1CCCN(C2CCN(c3nc4ccccc4o3)CC2)C1. The molecular formula is C24H34N4O2. The van der Waals surface area contributed by atoms with Crippen LogP contribution in [-0.4, -0.2) is 54.1 Å². The van der Waals surface area contributed by atoms with Gasteiger partial charge < -0.3 is 14.6 Å². The average molecular weight is 411 g/mol. The summed E-state index contributed by atoms with van der Waals surface area (Å²) in [5.41, 5.74) is 1.79. The number of piperidine rings is 2. The molecule has 2 aromatic rings. The Bertz CT molecular complexity index is 819. The van der Waals surface area contributed by atoms with Gasteiger partial charge in [-0.3, -0.25) is 9.69 Å². The van der Waals surface area contributed by atoms with Crippen LogP contribution < -0.4 is 10.2 Å². The normalized spacial score (nSPS) is 24.9. The lowest BCUT2D eigenvalue weighted by atomic mass is 9.91. The predicted molar refractivity (Wildman–Crippen MR) is 119 cm³/mol. The lowest BCUT2D eigenvalue weighted by Crippen LogP contribution is -2.51. The van der Waals surface area contributed by atoms with Crippen molar-refractivity contribution in [2.45, 2.75) is 69.9 Å². The van der Waals surface area contributed by atoms with Gasteiger partial charge in [0.05, 0.1) is 5.92 Å². The smallest absolute Gasteiger partial charge is 0.298 e. The van der Waals surface area contributed by atoms with Crippen LogP contribution in [0.15, 0.2) is 28.7 Å². The maximum Gasteiger partial charge on any atom is 0.298 e. The van der Waals surface area contributed by atoms with Crippen molar-refractivity contribution in [3.63, 3.8) is 0 Å². The van der Waals surface area contributed by atoms with Gasteiger partial charge >= 0.3 is 0 Å². The summed E-state index contributed by atoms with van der Waals surface area (Å²) in [6, 6.07) is 9.69. The number of amides is 1. The first-order chi connectivity index (χ1) is 14.8. The number of rotatable bonds is 4. The lowest BCUT2D eigenvalue weighted by molar-refractivity contribution is -0.128. The van der Waals surface area contributed by atoms with Crippen LogP contribution in [0.4, 0.5) is 6.01 Å². The first-order valence-corrected chi connectivity index (χ1v) is 11.9. The third-order valence-electron chi connectivity index (χ3n) is 7.31. The number of benzene rings is 1. The van der Waals surface area contributed by atoms with E-state index in [0.29, 0.717) is 18.0 Å². The summed E-state index contributed by atoms with van der Waals surface area (Å²) >= 11 is 0. The first-order valence-electron chi connectivity index (χ1n) is 11.9. The molecule has 1 N–H and O–H groups in total. The number of anilines is 1. The van der Waals surface area contributed by atoms with E-state index in [1.807, 2.05) is 24.3 Å². The van der Waals surface area contributed by atoms with Crippen LogP contribution in [0.5, 0.6) is 0 Å². The number of carbonyl (C=O) groups is 1. The zero-order valence-corrected chi connectivity index (χ0v) is 17.9. The highest BCUT2D eigenvalue weighted by Crippen LogP contribution is 2.28. The second-order valence-electron chi connectivity index (χ2n) is 9.36. The number of aromatic nitrogens is 1. The van der Waals surface area contributed by atoms with E-state index in [1.165, 1.54) is 19.3 Å². The van der Waals surface area contributed by atoms with Gasteiger partial charge in [0.2, 0.25) is 5.91 Å². The Morgan fingerprint density at radius 3 is 2.57 bits per heavy atom. The van der Waals surface area contributed by atoms with Crippen LogP contribution in [0.3, 0.4) is 0 Å². The number of carbonyl (C=O) groups excluding carboxylic acids is 1. The van der Waals surface area contributed by atoms with E-state index in [1.54, 1.807) is 0 Å². The zero-order chi connectivity index (χ0) is 20.3. The van der Waals surface area contributed by atoms with E-state index in [4.69, 9.17) is 4.42 Å². The van der Waals surface area contributed by atoms with Crippen molar-refractivity contribution in [3.8, 4) is 0 Å². The summed E-state index contributed by atoms with van der Waals surface area (Å²) in [4.78, 5) is 22.4. The number of nitrogens with zero attached hydrogens (tertiary/aromatic N) is 3. The van der Waals surface area contributed by atoms with Gasteiger partial charge in [-0.25, -0.2) is 0 Å². The summed E-state index contributed by atoms with van der Waals surface area (Å²) < 4.78 is 5.96. The van der Waals surface area contributed by atoms with Gasteiger partial charge in [0.15, 0.2) is 5.58 Å². The molecule has 1 saturated carbocycles. The van der Waals surface area contributed by atoms with Gasteiger partial charge in [-0.05, 0) is 57.2 Å². The van der Waals surface area contributed by atoms with Crippen LogP contribution in [0, 0.1) is 5.92 Å². The Morgan fingerprint density at radius 2 is 1.77 bits per heavy atom. The maximum absolute atomic E-state index is 12.9. The van der Waals surface area contributed by atoms with E-state index in [0.717, 1.165) is 81.8 Å². The fourth-order valence-corrected chi connectivity index (χ4v) is 5.54. The Hall–Kier alpha value is -2.08. The Morgan fingerprint density at radius 1 is 0.967 bits per heavy atom. The van der Waals surface area contributed by atoms with Gasteiger partial charge in [0.25, 0.3) is 6.01 Å². The molecule has 162 valence electrons. The van der Waals surface area contributed by atoms with E-state index in [-0.39, 0.29) is 5.92 Å². The topological polar surface area (TPSA) is 61.6 Å². The van der Waals surface area contributed by atoms with E-state index in [2.05, 4.69) is 20.1 Å². The van der Waals surface area contributed by atoms with Gasteiger partial charge in [-0.2, -0.15) is 4.98 Å². The van der Waals surface area contributed by atoms with Crippen LogP contribution in [0.2, 0.25) is 0 Å². The van der Waals surface area contributed by atoms with E-state index < -0.39 is 0 Å². The van der Waals surface area contributed by atoms with Gasteiger partial charge in [-0.15, -0.1) is 0 Å². The summed E-state index contributed by atoms with van der Waals surface area (Å²) in [6.07, 6.45) is 10.6. The standard InChI is InChI=1S/C24H34N4O2/c29-23(25-19-8-2-1-3-9-19)18-7-6-14-28(17-18)20-12-15-27(16-13-20)24-26-21-10-4-5-11-22(21)30-24/h4-5,10-11,18-20H,1-3,6-9,12-17H2,(H,25,29). The summed E-state index contributed by atoms with van der Waals surface area (Å²) in [5, 5.41) is 3.36. The molecule has 30 heavy (non-hydrogen) atoms. The predicted octanol–water partition coefficient (Wildman–Crippen LogP) is 3.96. The zero-order valence-electron chi connectivity index (χ0n) is 17.9. The number of hydrogen-bond acceptors (Lipinski definition) is 5. The summed E-state index contributed by atoms with van der Waals surface area (Å²) in [5.74, 6) is 0.464. The summed E-state index contributed by atoms with van der Waals surface area (Å²) in [7, 11) is 0. The molecule has 1 aromatic heterocycles. The largest absolute Gasteiger partial charge is 0.423 e. The molecule has 3 fully saturated rings. The molecule has 3 aliphatic rings. The minimum Gasteiger partial charge on any atom is -0.423 e. The third kappa shape index (κ3) is 4.34.